The van der Waals surface area contributed by atoms with Crippen LogP contribution in [0.15, 0.2) is 0 Å². The van der Waals surface area contributed by atoms with Crippen molar-refractivity contribution in [2.75, 3.05) is 0 Å². The van der Waals surface area contributed by atoms with E-state index >= 15 is 0 Å². The molecule has 0 saturated carbocycles. The van der Waals surface area contributed by atoms with Gasteiger partial charge in [-0.15, -0.1) is 0 Å². The van der Waals surface area contributed by atoms with E-state index in [4.69, 9.17) is 10.2 Å². The van der Waals surface area contributed by atoms with Crippen LogP contribution in [0.4, 0.5) is 0 Å². The van der Waals surface area contributed by atoms with Crippen LogP contribution >= 0.6 is 0 Å². The molecular formula is C8H16O5. The van der Waals surface area contributed by atoms with E-state index in [9.17, 15) is 15.0 Å². The number of ketones is 1. The van der Waals surface area contributed by atoms with Crippen LogP contribution in [-0.2, 0) is 4.79 Å². The maximum atomic E-state index is 10.8. The monoisotopic (exact) mass is 192 g/mol. The topological polar surface area (TPSA) is 98.0 Å². The van der Waals surface area contributed by atoms with Crippen LogP contribution in [-0.4, -0.2) is 50.1 Å². The van der Waals surface area contributed by atoms with Crippen LogP contribution in [0.1, 0.15) is 20.8 Å². The Labute approximate surface area is 76.6 Å². The van der Waals surface area contributed by atoms with E-state index in [0.717, 1.165) is 13.8 Å². The SMILES string of the molecule is CC(=O)[C@](C)(O)[C@H](O)[C@@H](O)[C@H](C)O. The summed E-state index contributed by atoms with van der Waals surface area (Å²) in [5.74, 6) is -0.667. The second kappa shape index (κ2) is 4.15. The Hall–Kier alpha value is -0.490. The van der Waals surface area contributed by atoms with Crippen LogP contribution in [0.2, 0.25) is 0 Å². The number of hydrogen-bond donors (Lipinski definition) is 4. The van der Waals surface area contributed by atoms with Gasteiger partial charge >= 0.3 is 0 Å². The maximum absolute atomic E-state index is 10.8. The molecule has 0 saturated heterocycles. The van der Waals surface area contributed by atoms with Crippen molar-refractivity contribution in [2.24, 2.45) is 0 Å². The predicted octanol–water partition coefficient (Wildman–Crippen LogP) is -1.57. The van der Waals surface area contributed by atoms with Crippen LogP contribution in [0, 0.1) is 0 Å². The lowest BCUT2D eigenvalue weighted by Crippen LogP contribution is -2.54. The van der Waals surface area contributed by atoms with E-state index < -0.39 is 29.7 Å². The Morgan fingerprint density at radius 2 is 1.69 bits per heavy atom. The number of hydrogen-bond acceptors (Lipinski definition) is 5. The standard InChI is InChI=1S/C8H16O5/c1-4(9)6(11)7(12)8(3,13)5(2)10/h4,6-7,9,11-13H,1-3H3/t4-,6-,7+,8-/m0/s1. The average molecular weight is 192 g/mol. The smallest absolute Gasteiger partial charge is 0.163 e. The quantitative estimate of drug-likeness (QED) is 0.431. The molecule has 5 nitrogen and oxygen atoms in total. The highest BCUT2D eigenvalue weighted by Crippen LogP contribution is 2.16. The van der Waals surface area contributed by atoms with Crippen molar-refractivity contribution in [3.63, 3.8) is 0 Å². The molecule has 0 unspecified atom stereocenters. The fraction of sp³-hybridized carbons (Fsp3) is 0.875. The van der Waals surface area contributed by atoms with Gasteiger partial charge in [-0.1, -0.05) is 0 Å². The van der Waals surface area contributed by atoms with Crippen molar-refractivity contribution in [1.82, 2.24) is 0 Å². The Balaban J connectivity index is 4.58. The van der Waals surface area contributed by atoms with Crippen molar-refractivity contribution < 1.29 is 25.2 Å². The van der Waals surface area contributed by atoms with Gasteiger partial charge in [0.05, 0.1) is 6.10 Å². The van der Waals surface area contributed by atoms with Crippen molar-refractivity contribution in [2.45, 2.75) is 44.7 Å². The van der Waals surface area contributed by atoms with Crippen molar-refractivity contribution in [3.05, 3.63) is 0 Å². The summed E-state index contributed by atoms with van der Waals surface area (Å²) in [5.41, 5.74) is -2.03. The molecule has 0 aromatic rings. The lowest BCUT2D eigenvalue weighted by Gasteiger charge is -2.31. The second-order valence-electron chi connectivity index (χ2n) is 3.38. The molecule has 0 radical (unpaired) electrons. The van der Waals surface area contributed by atoms with Crippen LogP contribution in [0.5, 0.6) is 0 Å². The average Bonchev–Trinajstić information content (AvgIpc) is 2.01. The summed E-state index contributed by atoms with van der Waals surface area (Å²) >= 11 is 0. The molecule has 0 aromatic carbocycles. The van der Waals surface area contributed by atoms with Gasteiger partial charge in [-0.05, 0) is 20.8 Å². The minimum absolute atomic E-state index is 0.667. The Morgan fingerprint density at radius 1 is 1.31 bits per heavy atom. The third-order valence-corrected chi connectivity index (χ3v) is 2.11. The zero-order valence-corrected chi connectivity index (χ0v) is 7.93. The molecule has 0 aliphatic heterocycles. The van der Waals surface area contributed by atoms with Gasteiger partial charge in [0.1, 0.15) is 17.8 Å². The lowest BCUT2D eigenvalue weighted by atomic mass is 9.89. The second-order valence-corrected chi connectivity index (χ2v) is 3.38. The van der Waals surface area contributed by atoms with Crippen LogP contribution in [0.25, 0.3) is 0 Å². The molecule has 4 N–H and O–H groups in total. The number of aliphatic hydroxyl groups excluding tert-OH is 3. The van der Waals surface area contributed by atoms with E-state index in [1.54, 1.807) is 0 Å². The molecule has 0 heterocycles. The number of carbonyl (C=O) groups excluding carboxylic acids is 1. The Morgan fingerprint density at radius 3 is 1.92 bits per heavy atom. The van der Waals surface area contributed by atoms with Gasteiger partial charge in [-0.3, -0.25) is 4.79 Å². The van der Waals surface area contributed by atoms with Crippen molar-refractivity contribution in [3.8, 4) is 0 Å². The molecule has 0 fully saturated rings. The van der Waals surface area contributed by atoms with Crippen LogP contribution in [0.3, 0.4) is 0 Å². The zero-order chi connectivity index (χ0) is 10.8. The molecule has 0 aliphatic carbocycles. The predicted molar refractivity (Wildman–Crippen MR) is 45.0 cm³/mol. The summed E-state index contributed by atoms with van der Waals surface area (Å²) in [7, 11) is 0. The number of carbonyl (C=O) groups is 1. The summed E-state index contributed by atoms with van der Waals surface area (Å²) in [5, 5.41) is 36.8. The fourth-order valence-corrected chi connectivity index (χ4v) is 0.805. The first-order valence-electron chi connectivity index (χ1n) is 3.99. The highest BCUT2D eigenvalue weighted by atomic mass is 16.4. The number of Topliss-reactive ketones (excluding diaryl/α,β-unsaturated/α-hetero) is 1. The summed E-state index contributed by atoms with van der Waals surface area (Å²) < 4.78 is 0. The summed E-state index contributed by atoms with van der Waals surface area (Å²) in [6.45, 7) is 3.44. The largest absolute Gasteiger partial charge is 0.391 e. The van der Waals surface area contributed by atoms with Gasteiger partial charge in [-0.25, -0.2) is 0 Å². The summed E-state index contributed by atoms with van der Waals surface area (Å²) in [4.78, 5) is 10.8. The lowest BCUT2D eigenvalue weighted by molar-refractivity contribution is -0.164. The number of aliphatic hydroxyl groups is 4. The Bertz CT molecular complexity index is 187. The molecule has 0 bridgehead atoms. The first-order valence-corrected chi connectivity index (χ1v) is 3.99. The van der Waals surface area contributed by atoms with Gasteiger partial charge in [0.15, 0.2) is 5.78 Å². The molecule has 0 spiro atoms. The van der Waals surface area contributed by atoms with E-state index in [1.165, 1.54) is 6.92 Å². The maximum Gasteiger partial charge on any atom is 0.163 e. The zero-order valence-electron chi connectivity index (χ0n) is 7.93. The first kappa shape index (κ1) is 12.5. The normalized spacial score (nSPS) is 23.0. The van der Waals surface area contributed by atoms with Gasteiger partial charge in [-0.2, -0.15) is 0 Å². The third kappa shape index (κ3) is 2.73. The molecule has 13 heavy (non-hydrogen) atoms. The fourth-order valence-electron chi connectivity index (χ4n) is 0.805. The first-order chi connectivity index (χ1) is 5.71. The van der Waals surface area contributed by atoms with Crippen molar-refractivity contribution in [1.29, 1.82) is 0 Å². The molecule has 0 aliphatic rings. The van der Waals surface area contributed by atoms with Gasteiger partial charge in [0, 0.05) is 0 Å². The number of rotatable bonds is 4. The molecule has 78 valence electrons. The van der Waals surface area contributed by atoms with E-state index in [0.29, 0.717) is 0 Å². The molecular weight excluding hydrogens is 176 g/mol. The highest BCUT2D eigenvalue weighted by molar-refractivity contribution is 5.84. The van der Waals surface area contributed by atoms with E-state index in [1.807, 2.05) is 0 Å². The van der Waals surface area contributed by atoms with Gasteiger partial charge in [0.2, 0.25) is 0 Å². The van der Waals surface area contributed by atoms with E-state index in [2.05, 4.69) is 0 Å². The minimum atomic E-state index is -2.03. The van der Waals surface area contributed by atoms with E-state index in [-0.39, 0.29) is 0 Å². The minimum Gasteiger partial charge on any atom is -0.391 e. The van der Waals surface area contributed by atoms with Gasteiger partial charge < -0.3 is 20.4 Å². The summed E-state index contributed by atoms with van der Waals surface area (Å²) in [6, 6.07) is 0. The third-order valence-electron chi connectivity index (χ3n) is 2.11. The van der Waals surface area contributed by atoms with Crippen molar-refractivity contribution >= 4 is 5.78 Å². The van der Waals surface area contributed by atoms with Gasteiger partial charge in [0.25, 0.3) is 0 Å². The molecule has 0 amide bonds. The van der Waals surface area contributed by atoms with Crippen LogP contribution < -0.4 is 0 Å². The molecule has 4 atom stereocenters. The highest BCUT2D eigenvalue weighted by Gasteiger charge is 2.41. The molecule has 0 aromatic heterocycles. The molecule has 0 rings (SSSR count). The Kier molecular flexibility index (Phi) is 3.99. The molecule has 5 heteroatoms. The summed E-state index contributed by atoms with van der Waals surface area (Å²) in [6.07, 6.45) is -4.44.